The third-order valence-electron chi connectivity index (χ3n) is 4.89. The molecule has 0 saturated carbocycles. The number of ether oxygens (including phenoxy) is 1. The fourth-order valence-electron chi connectivity index (χ4n) is 3.62. The van der Waals surface area contributed by atoms with Crippen molar-refractivity contribution in [3.63, 3.8) is 0 Å². The van der Waals surface area contributed by atoms with Crippen molar-refractivity contribution in [2.75, 3.05) is 32.1 Å². The number of rotatable bonds is 5. The summed E-state index contributed by atoms with van der Waals surface area (Å²) in [6.07, 6.45) is 2.31. The van der Waals surface area contributed by atoms with E-state index in [1.165, 1.54) is 6.07 Å². The van der Waals surface area contributed by atoms with Crippen LogP contribution in [-0.2, 0) is 17.8 Å². The van der Waals surface area contributed by atoms with Gasteiger partial charge in [-0.2, -0.15) is 0 Å². The van der Waals surface area contributed by atoms with Crippen LogP contribution >= 0.6 is 24.0 Å². The molecule has 0 amide bonds. The number of morpholine rings is 1. The van der Waals surface area contributed by atoms with Crippen LogP contribution in [-0.4, -0.2) is 55.2 Å². The van der Waals surface area contributed by atoms with E-state index in [9.17, 15) is 4.39 Å². The molecule has 0 spiro atoms. The molecule has 6 nitrogen and oxygen atoms in total. The molecule has 30 heavy (non-hydrogen) atoms. The minimum absolute atomic E-state index is 0. The van der Waals surface area contributed by atoms with Crippen LogP contribution in [0.25, 0.3) is 0 Å². The minimum atomic E-state index is -0.228. The van der Waals surface area contributed by atoms with Crippen LogP contribution in [0.5, 0.6) is 0 Å². The monoisotopic (exact) mass is 527 g/mol. The molecule has 2 atom stereocenters. The van der Waals surface area contributed by atoms with Gasteiger partial charge in [-0.3, -0.25) is 4.99 Å². The number of guanidine groups is 1. The smallest absolute Gasteiger partial charge is 0.193 e. The van der Waals surface area contributed by atoms with Gasteiger partial charge in [-0.25, -0.2) is 9.37 Å². The third kappa shape index (κ3) is 6.80. The van der Waals surface area contributed by atoms with Crippen molar-refractivity contribution in [3.8, 4) is 0 Å². The first-order valence-electron chi connectivity index (χ1n) is 9.96. The number of aliphatic imine (C=N–C) groups is 1. The summed E-state index contributed by atoms with van der Waals surface area (Å²) >= 11 is 0. The molecule has 1 saturated heterocycles. The molecule has 1 aliphatic rings. The average Bonchev–Trinajstić information content (AvgIpc) is 2.68. The van der Waals surface area contributed by atoms with Crippen molar-refractivity contribution >= 4 is 35.8 Å². The summed E-state index contributed by atoms with van der Waals surface area (Å²) in [4.78, 5) is 13.2. The second-order valence-electron chi connectivity index (χ2n) is 7.57. The molecule has 0 bridgehead atoms. The number of aromatic nitrogens is 1. The summed E-state index contributed by atoms with van der Waals surface area (Å²) in [5.74, 6) is 1.49. The highest BCUT2D eigenvalue weighted by atomic mass is 127. The number of benzene rings is 1. The summed E-state index contributed by atoms with van der Waals surface area (Å²) in [7, 11) is 3.68. The number of nitrogens with zero attached hydrogens (tertiary/aromatic N) is 4. The van der Waals surface area contributed by atoms with Crippen LogP contribution in [0.2, 0.25) is 0 Å². The standard InChI is InChI=1S/C22H30FN5O.HI/c1-16-13-28(14-17(2)29-16)21-9-8-19(11-25-21)12-26-22(24-3)27(4)15-18-6-5-7-20(23)10-18;/h5-11,16-17H,12-15H2,1-4H3,(H,24,26);1H. The predicted molar refractivity (Wildman–Crippen MR) is 130 cm³/mol. The summed E-state index contributed by atoms with van der Waals surface area (Å²) in [5.41, 5.74) is 1.97. The molecule has 8 heteroatoms. The Morgan fingerprint density at radius 3 is 2.57 bits per heavy atom. The van der Waals surface area contributed by atoms with Crippen LogP contribution in [0, 0.1) is 5.82 Å². The van der Waals surface area contributed by atoms with Crippen molar-refractivity contribution in [3.05, 3.63) is 59.5 Å². The average molecular weight is 527 g/mol. The normalized spacial score (nSPS) is 19.2. The van der Waals surface area contributed by atoms with E-state index < -0.39 is 0 Å². The first-order chi connectivity index (χ1) is 13.9. The summed E-state index contributed by atoms with van der Waals surface area (Å²) in [6.45, 7) is 7.07. The van der Waals surface area contributed by atoms with Crippen molar-refractivity contribution in [1.29, 1.82) is 0 Å². The van der Waals surface area contributed by atoms with Gasteiger partial charge in [0.25, 0.3) is 0 Å². The van der Waals surface area contributed by atoms with E-state index in [0.717, 1.165) is 36.0 Å². The number of anilines is 1. The molecule has 164 valence electrons. The maximum absolute atomic E-state index is 13.4. The second-order valence-corrected chi connectivity index (χ2v) is 7.57. The predicted octanol–water partition coefficient (Wildman–Crippen LogP) is 3.66. The van der Waals surface area contributed by atoms with Crippen molar-refractivity contribution in [1.82, 2.24) is 15.2 Å². The molecule has 2 heterocycles. The number of hydrogen-bond donors (Lipinski definition) is 1. The molecule has 1 N–H and O–H groups in total. The van der Waals surface area contributed by atoms with Gasteiger partial charge in [-0.05, 0) is 43.2 Å². The molecule has 1 aromatic carbocycles. The molecule has 0 radical (unpaired) electrons. The Kier molecular flexibility index (Phi) is 9.29. The van der Waals surface area contributed by atoms with Gasteiger partial charge in [-0.15, -0.1) is 24.0 Å². The van der Waals surface area contributed by atoms with Crippen LogP contribution in [0.15, 0.2) is 47.6 Å². The van der Waals surface area contributed by atoms with E-state index in [-0.39, 0.29) is 42.0 Å². The summed E-state index contributed by atoms with van der Waals surface area (Å²) in [5, 5.41) is 3.34. The number of hydrogen-bond acceptors (Lipinski definition) is 4. The molecule has 2 aromatic rings. The quantitative estimate of drug-likeness (QED) is 0.366. The highest BCUT2D eigenvalue weighted by molar-refractivity contribution is 14.0. The zero-order chi connectivity index (χ0) is 20.8. The van der Waals surface area contributed by atoms with Gasteiger partial charge in [0.15, 0.2) is 5.96 Å². The van der Waals surface area contributed by atoms with E-state index in [1.54, 1.807) is 19.2 Å². The molecule has 0 aliphatic carbocycles. The fraction of sp³-hybridized carbons (Fsp3) is 0.455. The van der Waals surface area contributed by atoms with Crippen molar-refractivity contribution in [2.45, 2.75) is 39.1 Å². The Balaban J connectivity index is 0.00000320. The second kappa shape index (κ2) is 11.5. The Hall–Kier alpha value is -1.94. The lowest BCUT2D eigenvalue weighted by Crippen LogP contribution is -2.45. The lowest BCUT2D eigenvalue weighted by molar-refractivity contribution is -0.00545. The molecular weight excluding hydrogens is 496 g/mol. The van der Waals surface area contributed by atoms with E-state index in [1.807, 2.05) is 24.2 Å². The fourth-order valence-corrected chi connectivity index (χ4v) is 3.62. The Morgan fingerprint density at radius 2 is 1.97 bits per heavy atom. The molecule has 1 aliphatic heterocycles. The van der Waals surface area contributed by atoms with Crippen LogP contribution in [0.3, 0.4) is 0 Å². The summed E-state index contributed by atoms with van der Waals surface area (Å²) in [6, 6.07) is 10.8. The maximum Gasteiger partial charge on any atom is 0.193 e. The Morgan fingerprint density at radius 1 is 1.23 bits per heavy atom. The zero-order valence-electron chi connectivity index (χ0n) is 18.0. The first kappa shape index (κ1) is 24.3. The topological polar surface area (TPSA) is 53.0 Å². The third-order valence-corrected chi connectivity index (χ3v) is 4.89. The van der Waals surface area contributed by atoms with E-state index in [0.29, 0.717) is 13.1 Å². The van der Waals surface area contributed by atoms with E-state index in [2.05, 4.69) is 46.2 Å². The number of pyridine rings is 1. The van der Waals surface area contributed by atoms with Gasteiger partial charge >= 0.3 is 0 Å². The van der Waals surface area contributed by atoms with Crippen LogP contribution < -0.4 is 10.2 Å². The molecule has 3 rings (SSSR count). The van der Waals surface area contributed by atoms with Gasteiger partial charge in [0.1, 0.15) is 11.6 Å². The van der Waals surface area contributed by atoms with E-state index in [4.69, 9.17) is 4.74 Å². The zero-order valence-corrected chi connectivity index (χ0v) is 20.3. The first-order valence-corrected chi connectivity index (χ1v) is 9.96. The SMILES string of the molecule is CN=C(NCc1ccc(N2CC(C)OC(C)C2)nc1)N(C)Cc1cccc(F)c1.I. The largest absolute Gasteiger partial charge is 0.372 e. The lowest BCUT2D eigenvalue weighted by atomic mass is 10.2. The van der Waals surface area contributed by atoms with Gasteiger partial charge in [-0.1, -0.05) is 18.2 Å². The van der Waals surface area contributed by atoms with Gasteiger partial charge in [0.2, 0.25) is 0 Å². The highest BCUT2D eigenvalue weighted by Crippen LogP contribution is 2.18. The van der Waals surface area contributed by atoms with Crippen LogP contribution in [0.1, 0.15) is 25.0 Å². The van der Waals surface area contributed by atoms with Gasteiger partial charge < -0.3 is 19.9 Å². The van der Waals surface area contributed by atoms with Gasteiger partial charge in [0, 0.05) is 46.5 Å². The summed E-state index contributed by atoms with van der Waals surface area (Å²) < 4.78 is 19.2. The van der Waals surface area contributed by atoms with E-state index >= 15 is 0 Å². The molecule has 1 aromatic heterocycles. The number of halogens is 2. The minimum Gasteiger partial charge on any atom is -0.372 e. The highest BCUT2D eigenvalue weighted by Gasteiger charge is 2.23. The lowest BCUT2D eigenvalue weighted by Gasteiger charge is -2.36. The van der Waals surface area contributed by atoms with Crippen molar-refractivity contribution < 1.29 is 9.13 Å². The number of nitrogens with one attached hydrogen (secondary N) is 1. The van der Waals surface area contributed by atoms with Crippen molar-refractivity contribution in [2.24, 2.45) is 4.99 Å². The van der Waals surface area contributed by atoms with Crippen LogP contribution in [0.4, 0.5) is 10.2 Å². The maximum atomic E-state index is 13.4. The molecule has 1 fully saturated rings. The Labute approximate surface area is 195 Å². The van der Waals surface area contributed by atoms with Gasteiger partial charge in [0.05, 0.1) is 12.2 Å². The molecular formula is C22H31FIN5O. The Bertz CT molecular complexity index is 823. The molecule has 2 unspecified atom stereocenters.